The van der Waals surface area contributed by atoms with E-state index in [1.165, 1.54) is 49.1 Å². The number of aliphatic carboxylic acids is 1. The van der Waals surface area contributed by atoms with Crippen molar-refractivity contribution in [1.29, 1.82) is 0 Å². The summed E-state index contributed by atoms with van der Waals surface area (Å²) < 4.78 is 68.4. The summed E-state index contributed by atoms with van der Waals surface area (Å²) in [6.45, 7) is 2.36. The number of halogens is 2. The number of aromatic nitrogens is 3. The highest BCUT2D eigenvalue weighted by Crippen LogP contribution is 2.41. The van der Waals surface area contributed by atoms with E-state index < -0.39 is 95.8 Å². The van der Waals surface area contributed by atoms with Crippen LogP contribution in [-0.4, -0.2) is 148 Å². The van der Waals surface area contributed by atoms with Gasteiger partial charge in [0.1, 0.15) is 30.9 Å². The lowest BCUT2D eigenvalue weighted by Gasteiger charge is -2.20. The van der Waals surface area contributed by atoms with Gasteiger partial charge in [-0.25, -0.2) is 13.5 Å². The zero-order chi connectivity index (χ0) is 58.2. The number of fused-ring (bicyclic) bond motifs is 2. The number of ketones is 1. The molecule has 2 aromatic carbocycles. The summed E-state index contributed by atoms with van der Waals surface area (Å²) >= 11 is 0.988. The molecule has 3 atom stereocenters. The Morgan fingerprint density at radius 1 is 0.848 bits per heavy atom. The fourth-order valence-electron chi connectivity index (χ4n) is 8.11. The number of methoxy groups -OCH3 is 2. The third-order valence-electron chi connectivity index (χ3n) is 12.2. The van der Waals surface area contributed by atoms with E-state index in [1.54, 1.807) is 6.07 Å². The normalized spacial score (nSPS) is 14.7. The molecule has 0 spiro atoms. The summed E-state index contributed by atoms with van der Waals surface area (Å²) in [4.78, 5) is 126. The predicted molar refractivity (Wildman–Crippen MR) is 272 cm³/mol. The Labute approximate surface area is 456 Å². The lowest BCUT2D eigenvalue weighted by Crippen LogP contribution is -2.50. The Bertz CT molecular complexity index is 3010. The van der Waals surface area contributed by atoms with Gasteiger partial charge in [0, 0.05) is 81.2 Å². The molecule has 4 heterocycles. The summed E-state index contributed by atoms with van der Waals surface area (Å²) in [5, 5.41) is 27.1. The lowest BCUT2D eigenvalue weighted by molar-refractivity contribution is -0.148. The van der Waals surface area contributed by atoms with Crippen molar-refractivity contribution in [3.8, 4) is 23.0 Å². The molecule has 4 aromatic rings. The number of likely N-dealkylation sites (tertiary alicyclic amines) is 1. The van der Waals surface area contributed by atoms with Crippen LogP contribution < -0.4 is 40.2 Å². The van der Waals surface area contributed by atoms with Crippen molar-refractivity contribution in [2.45, 2.75) is 116 Å². The minimum absolute atomic E-state index is 0.0463. The van der Waals surface area contributed by atoms with Crippen LogP contribution in [0.1, 0.15) is 106 Å². The van der Waals surface area contributed by atoms with Crippen LogP contribution in [0.3, 0.4) is 0 Å². The van der Waals surface area contributed by atoms with Gasteiger partial charge in [-0.2, -0.15) is 0 Å². The molecule has 79 heavy (non-hydrogen) atoms. The molecule has 2 aliphatic rings. The molecule has 2 aromatic heterocycles. The number of rotatable bonds is 31. The van der Waals surface area contributed by atoms with E-state index >= 15 is 8.78 Å². The monoisotopic (exact) mass is 1130 g/mol. The van der Waals surface area contributed by atoms with Gasteiger partial charge in [0.05, 0.1) is 64.4 Å². The van der Waals surface area contributed by atoms with Gasteiger partial charge in [-0.3, -0.25) is 52.8 Å². The fourth-order valence-corrected chi connectivity index (χ4v) is 9.16. The Hall–Kier alpha value is -8.30. The lowest BCUT2D eigenvalue weighted by atomic mass is 10.1. The van der Waals surface area contributed by atoms with Crippen molar-refractivity contribution in [1.82, 2.24) is 46.1 Å². The molecular weight excluding hydrogens is 1060 g/mol. The smallest absolute Gasteiger partial charge is 0.306 e. The Morgan fingerprint density at radius 2 is 1.57 bits per heavy atom. The van der Waals surface area contributed by atoms with E-state index in [1.807, 2.05) is 6.92 Å². The van der Waals surface area contributed by atoms with Gasteiger partial charge >= 0.3 is 11.9 Å². The Balaban J connectivity index is 0.891. The van der Waals surface area contributed by atoms with Crippen LogP contribution in [0.2, 0.25) is 0 Å². The summed E-state index contributed by atoms with van der Waals surface area (Å²) in [5.41, 5.74) is 1.01. The van der Waals surface area contributed by atoms with E-state index in [9.17, 15) is 47.9 Å². The average molecular weight is 1130 g/mol. The number of thiophene rings is 1. The summed E-state index contributed by atoms with van der Waals surface area (Å²) in [7, 11) is 2.65. The van der Waals surface area contributed by atoms with Gasteiger partial charge in [0.25, 0.3) is 0 Å². The molecular formula is C51H61F2N9O16S. The first-order valence-electron chi connectivity index (χ1n) is 25.7. The maximum absolute atomic E-state index is 15.9. The molecule has 0 aliphatic carbocycles. The second kappa shape index (κ2) is 28.4. The van der Waals surface area contributed by atoms with Crippen LogP contribution in [0.15, 0.2) is 24.4 Å². The molecule has 7 amide bonds. The average Bonchev–Trinajstić information content (AvgIpc) is 4.31. The van der Waals surface area contributed by atoms with Crippen LogP contribution in [0.4, 0.5) is 8.78 Å². The number of imide groups is 1. The van der Waals surface area contributed by atoms with Gasteiger partial charge in [0.15, 0.2) is 40.4 Å². The standard InChI is InChI=1S/C51H61F2N9O16S/c1-5-15-54-51(73)33(57-41(66)27-62-43(68)10-11-44(62)69)7-9-39(64)56-22-30-24-61(59-58-30)26-40(65)55-21-28(2)78-46(72)14-8-34(63)38-19-31-37(79-38)20-36(75-4)50(47(31)52)77-17-6-16-76-49-35(74-3)18-29-23-60(25-32(29)48(49)53)42(67)12-13-45(70)71/h18-20,24,28,33H,5-17,21-23,25-27H2,1-4H3,(H,54,73)(H,55,65)(H,56,64)(H,57,66)(H,70,71)/t28-,33-/m0/s1/i10T/t10?,28-,33-. The summed E-state index contributed by atoms with van der Waals surface area (Å²) in [6.07, 6.45) is -1.76. The van der Waals surface area contributed by atoms with Crippen LogP contribution in [0, 0.1) is 11.6 Å². The Morgan fingerprint density at radius 3 is 2.25 bits per heavy atom. The number of hydrogen-bond donors (Lipinski definition) is 5. The molecule has 0 bridgehead atoms. The number of benzene rings is 2. The van der Waals surface area contributed by atoms with E-state index in [0.29, 0.717) is 28.1 Å². The van der Waals surface area contributed by atoms with E-state index in [2.05, 4.69) is 31.6 Å². The van der Waals surface area contributed by atoms with Crippen molar-refractivity contribution < 1.29 is 86.9 Å². The highest BCUT2D eigenvalue weighted by Gasteiger charge is 2.33. The second-order valence-electron chi connectivity index (χ2n) is 18.2. The zero-order valence-electron chi connectivity index (χ0n) is 44.7. The van der Waals surface area contributed by atoms with Crippen molar-refractivity contribution in [2.75, 3.05) is 47.1 Å². The number of ether oxygens (including phenoxy) is 5. The molecule has 0 radical (unpaired) electrons. The largest absolute Gasteiger partial charge is 0.493 e. The number of hydrogen-bond acceptors (Lipinski definition) is 18. The fraction of sp³-hybridized carbons (Fsp3) is 0.490. The van der Waals surface area contributed by atoms with Gasteiger partial charge in [-0.05, 0) is 37.5 Å². The van der Waals surface area contributed by atoms with Crippen molar-refractivity contribution >= 4 is 80.5 Å². The van der Waals surface area contributed by atoms with Crippen LogP contribution in [0.25, 0.3) is 10.1 Å². The maximum atomic E-state index is 15.9. The summed E-state index contributed by atoms with van der Waals surface area (Å²) in [5.74, 6) is -8.42. The third-order valence-corrected chi connectivity index (χ3v) is 13.3. The SMILES string of the molecule is [3H]C1CC(=O)N(CC(=O)N[C@@H](CCC(=O)NCc2cn(CC(=O)NC[C@H](C)OC(=O)CCC(=O)c3cc4c(F)c(OCCCOc5c(OC)cc6c(c5F)CN(C(=O)CCC(=O)O)C6)c(OC)cc4s3)nn2)C(=O)NCCC)C1=O. The van der Waals surface area contributed by atoms with Crippen LogP contribution in [0.5, 0.6) is 23.0 Å². The first-order chi connectivity index (χ1) is 38.2. The van der Waals surface area contributed by atoms with E-state index in [4.69, 9.17) is 30.2 Å². The topological polar surface area (TPSA) is 322 Å². The highest BCUT2D eigenvalue weighted by molar-refractivity contribution is 7.20. The molecule has 426 valence electrons. The molecule has 25 nitrogen and oxygen atoms in total. The van der Waals surface area contributed by atoms with Crippen LogP contribution >= 0.6 is 11.3 Å². The van der Waals surface area contributed by atoms with Crippen molar-refractivity contribution in [3.63, 3.8) is 0 Å². The minimum Gasteiger partial charge on any atom is -0.493 e. The van der Waals surface area contributed by atoms with Crippen molar-refractivity contribution in [2.24, 2.45) is 0 Å². The van der Waals surface area contributed by atoms with Gasteiger partial charge in [0.2, 0.25) is 41.4 Å². The van der Waals surface area contributed by atoms with E-state index in [-0.39, 0.29) is 142 Å². The molecule has 1 unspecified atom stereocenters. The van der Waals surface area contributed by atoms with E-state index in [0.717, 1.165) is 11.3 Å². The number of nitrogens with zero attached hydrogens (tertiary/aromatic N) is 5. The van der Waals surface area contributed by atoms with Gasteiger partial charge in [-0.15, -0.1) is 16.4 Å². The van der Waals surface area contributed by atoms with Gasteiger partial charge in [-0.1, -0.05) is 12.1 Å². The zero-order valence-corrected chi connectivity index (χ0v) is 44.6. The molecule has 28 heteroatoms. The number of carbonyl (C=O) groups is 10. The van der Waals surface area contributed by atoms with Gasteiger partial charge < -0.3 is 55.0 Å². The molecule has 1 saturated heterocycles. The molecule has 6 rings (SSSR count). The second-order valence-corrected chi connectivity index (χ2v) is 19.3. The minimum atomic E-state index is -1.29. The summed E-state index contributed by atoms with van der Waals surface area (Å²) in [6, 6.07) is 3.25. The quantitative estimate of drug-likeness (QED) is 0.0209. The highest BCUT2D eigenvalue weighted by atomic mass is 32.1. The number of carboxylic acids is 1. The van der Waals surface area contributed by atoms with Crippen molar-refractivity contribution in [3.05, 3.63) is 57.7 Å². The molecule has 0 saturated carbocycles. The number of esters is 1. The Kier molecular flexibility index (Phi) is 21.0. The number of amides is 7. The molecule has 1 fully saturated rings. The number of nitrogens with one attached hydrogen (secondary N) is 4. The number of carboxylic acid groups (broad SMARTS) is 1. The third kappa shape index (κ3) is 16.6. The van der Waals surface area contributed by atoms with Crippen LogP contribution in [-0.2, 0) is 74.1 Å². The molecule has 2 aliphatic heterocycles. The number of carbonyl (C=O) groups excluding carboxylic acids is 9. The first-order valence-corrected chi connectivity index (χ1v) is 25.9. The predicted octanol–water partition coefficient (Wildman–Crippen LogP) is 2.61. The molecule has 5 N–H and O–H groups in total. The number of Topliss-reactive ketones (excluding diaryl/α,β-unsaturated/α-hetero) is 1. The maximum Gasteiger partial charge on any atom is 0.306 e. The first kappa shape index (κ1) is 58.4.